The molecule has 172 valence electrons. The lowest BCUT2D eigenvalue weighted by Crippen LogP contribution is -2.26. The lowest BCUT2D eigenvalue weighted by molar-refractivity contribution is 0.102. The molecule has 0 saturated heterocycles. The number of rotatable bonds is 9. The van der Waals surface area contributed by atoms with Gasteiger partial charge in [0, 0.05) is 25.2 Å². The summed E-state index contributed by atoms with van der Waals surface area (Å²) < 4.78 is 33.4. The average molecular weight is 466 g/mol. The molecule has 1 aliphatic rings. The Morgan fingerprint density at radius 1 is 1.03 bits per heavy atom. The van der Waals surface area contributed by atoms with E-state index in [9.17, 15) is 13.2 Å². The van der Waals surface area contributed by atoms with Crippen LogP contribution in [0.15, 0.2) is 77.7 Å². The van der Waals surface area contributed by atoms with Gasteiger partial charge >= 0.3 is 0 Å². The van der Waals surface area contributed by atoms with Gasteiger partial charge in [0.1, 0.15) is 10.6 Å². The number of carbonyl (C=O) groups excluding carboxylic acids is 1. The van der Waals surface area contributed by atoms with Crippen molar-refractivity contribution in [1.29, 1.82) is 0 Å². The molecule has 0 radical (unpaired) electrons. The Bertz CT molecular complexity index is 1240. The number of nitrogens with zero attached hydrogens (tertiary/aromatic N) is 1. The second-order valence-electron chi connectivity index (χ2n) is 8.07. The molecule has 0 aromatic heterocycles. The number of para-hydroxylation sites is 2. The van der Waals surface area contributed by atoms with Crippen LogP contribution in [-0.2, 0) is 16.6 Å². The van der Waals surface area contributed by atoms with Gasteiger partial charge in [0.15, 0.2) is 0 Å². The van der Waals surface area contributed by atoms with Crippen molar-refractivity contribution in [2.24, 2.45) is 0 Å². The molecule has 1 saturated carbocycles. The van der Waals surface area contributed by atoms with Crippen LogP contribution in [0.3, 0.4) is 0 Å². The Labute approximate surface area is 194 Å². The Morgan fingerprint density at radius 3 is 2.42 bits per heavy atom. The van der Waals surface area contributed by atoms with Crippen LogP contribution >= 0.6 is 0 Å². The molecule has 1 amide bonds. The minimum absolute atomic E-state index is 0.0426. The van der Waals surface area contributed by atoms with Crippen molar-refractivity contribution in [2.45, 2.75) is 30.3 Å². The zero-order chi connectivity index (χ0) is 23.4. The fraction of sp³-hybridized carbons (Fsp3) is 0.240. The maximum absolute atomic E-state index is 13.1. The van der Waals surface area contributed by atoms with Crippen LogP contribution in [0.25, 0.3) is 0 Å². The van der Waals surface area contributed by atoms with Gasteiger partial charge in [0.05, 0.1) is 18.5 Å². The summed E-state index contributed by atoms with van der Waals surface area (Å²) in [5, 5.41) is 2.93. The fourth-order valence-electron chi connectivity index (χ4n) is 3.56. The highest BCUT2D eigenvalue weighted by Gasteiger charge is 2.30. The normalized spacial score (nSPS) is 13.4. The molecule has 2 N–H and O–H groups in total. The summed E-state index contributed by atoms with van der Waals surface area (Å²) in [5.74, 6) is -0.205. The van der Waals surface area contributed by atoms with Crippen molar-refractivity contribution < 1.29 is 17.9 Å². The van der Waals surface area contributed by atoms with Crippen LogP contribution in [-0.4, -0.2) is 34.5 Å². The van der Waals surface area contributed by atoms with Crippen LogP contribution in [0.1, 0.15) is 28.8 Å². The number of hydrogen-bond donors (Lipinski definition) is 2. The molecule has 0 heterocycles. The van der Waals surface area contributed by atoms with Crippen LogP contribution < -0.4 is 19.7 Å². The van der Waals surface area contributed by atoms with Gasteiger partial charge in [0.2, 0.25) is 10.0 Å². The first kappa shape index (κ1) is 22.8. The molecule has 3 aromatic carbocycles. The monoisotopic (exact) mass is 465 g/mol. The number of amides is 1. The van der Waals surface area contributed by atoms with E-state index in [1.54, 1.807) is 6.07 Å². The van der Waals surface area contributed by atoms with Crippen molar-refractivity contribution in [3.63, 3.8) is 0 Å². The van der Waals surface area contributed by atoms with E-state index in [0.29, 0.717) is 12.2 Å². The van der Waals surface area contributed by atoms with E-state index in [-0.39, 0.29) is 22.3 Å². The second kappa shape index (κ2) is 9.64. The zero-order valence-electron chi connectivity index (χ0n) is 18.6. The Balaban J connectivity index is 1.57. The molecule has 33 heavy (non-hydrogen) atoms. The van der Waals surface area contributed by atoms with Crippen molar-refractivity contribution in [1.82, 2.24) is 4.72 Å². The number of benzene rings is 3. The van der Waals surface area contributed by atoms with Gasteiger partial charge in [-0.1, -0.05) is 42.5 Å². The van der Waals surface area contributed by atoms with Gasteiger partial charge in [-0.15, -0.1) is 0 Å². The summed E-state index contributed by atoms with van der Waals surface area (Å²) in [7, 11) is -0.423. The standard InChI is InChI=1S/C25H27N3O4S/c1-28(17-18-8-4-3-5-9-18)22-11-7-6-10-21(22)26-25(29)19-12-15-23(32-2)24(16-19)33(30,31)27-20-13-14-20/h3-12,15-16,20,27H,13-14,17H2,1-2H3,(H,26,29). The molecular formula is C25H27N3O4S. The minimum Gasteiger partial charge on any atom is -0.495 e. The first-order valence-corrected chi connectivity index (χ1v) is 12.2. The molecule has 0 spiro atoms. The molecule has 1 aliphatic carbocycles. The predicted molar refractivity (Wildman–Crippen MR) is 129 cm³/mol. The van der Waals surface area contributed by atoms with Gasteiger partial charge in [-0.2, -0.15) is 0 Å². The average Bonchev–Trinajstić information content (AvgIpc) is 3.63. The molecule has 0 aliphatic heterocycles. The van der Waals surface area contributed by atoms with Gasteiger partial charge in [-0.05, 0) is 48.7 Å². The first-order chi connectivity index (χ1) is 15.9. The summed E-state index contributed by atoms with van der Waals surface area (Å²) in [6.45, 7) is 0.672. The predicted octanol–water partition coefficient (Wildman–Crippen LogP) is 4.02. The number of nitrogens with one attached hydrogen (secondary N) is 2. The summed E-state index contributed by atoms with van der Waals surface area (Å²) in [6.07, 6.45) is 1.63. The second-order valence-corrected chi connectivity index (χ2v) is 9.76. The molecule has 0 atom stereocenters. The lowest BCUT2D eigenvalue weighted by Gasteiger charge is -2.23. The smallest absolute Gasteiger partial charge is 0.255 e. The van der Waals surface area contributed by atoms with E-state index in [4.69, 9.17) is 4.74 Å². The van der Waals surface area contributed by atoms with E-state index < -0.39 is 15.9 Å². The maximum atomic E-state index is 13.1. The molecule has 1 fully saturated rings. The Kier molecular flexibility index (Phi) is 6.67. The SMILES string of the molecule is COc1ccc(C(=O)Nc2ccccc2N(C)Cc2ccccc2)cc1S(=O)(=O)NC1CC1. The number of carbonyl (C=O) groups is 1. The lowest BCUT2D eigenvalue weighted by atomic mass is 10.1. The number of sulfonamides is 1. The summed E-state index contributed by atoms with van der Waals surface area (Å²) in [6, 6.07) is 21.9. The van der Waals surface area contributed by atoms with Crippen molar-refractivity contribution in [3.05, 3.63) is 83.9 Å². The van der Waals surface area contributed by atoms with E-state index in [1.165, 1.54) is 19.2 Å². The van der Waals surface area contributed by atoms with Gasteiger partial charge in [0.25, 0.3) is 5.91 Å². The van der Waals surface area contributed by atoms with Crippen LogP contribution in [0.4, 0.5) is 11.4 Å². The topological polar surface area (TPSA) is 87.7 Å². The highest BCUT2D eigenvalue weighted by atomic mass is 32.2. The van der Waals surface area contributed by atoms with Gasteiger partial charge in [-0.25, -0.2) is 13.1 Å². The van der Waals surface area contributed by atoms with Gasteiger partial charge in [-0.3, -0.25) is 4.79 Å². The molecule has 3 aromatic rings. The van der Waals surface area contributed by atoms with E-state index in [0.717, 1.165) is 24.1 Å². The van der Waals surface area contributed by atoms with E-state index in [1.807, 2.05) is 61.6 Å². The van der Waals surface area contributed by atoms with E-state index >= 15 is 0 Å². The Hall–Kier alpha value is -3.36. The van der Waals surface area contributed by atoms with Crippen LogP contribution in [0, 0.1) is 0 Å². The highest BCUT2D eigenvalue weighted by Crippen LogP contribution is 2.30. The summed E-state index contributed by atoms with van der Waals surface area (Å²) >= 11 is 0. The third-order valence-corrected chi connectivity index (χ3v) is 6.98. The molecule has 0 unspecified atom stereocenters. The first-order valence-electron chi connectivity index (χ1n) is 10.7. The summed E-state index contributed by atoms with van der Waals surface area (Å²) in [4.78, 5) is 15.1. The molecular weight excluding hydrogens is 438 g/mol. The number of ether oxygens (including phenoxy) is 1. The maximum Gasteiger partial charge on any atom is 0.255 e. The summed E-state index contributed by atoms with van der Waals surface area (Å²) in [5.41, 5.74) is 2.87. The van der Waals surface area contributed by atoms with Crippen LogP contribution in [0.2, 0.25) is 0 Å². The van der Waals surface area contributed by atoms with Crippen molar-refractivity contribution in [3.8, 4) is 5.75 Å². The third kappa shape index (κ3) is 5.53. The van der Waals surface area contributed by atoms with Crippen molar-refractivity contribution in [2.75, 3.05) is 24.4 Å². The molecule has 4 rings (SSSR count). The van der Waals surface area contributed by atoms with Crippen LogP contribution in [0.5, 0.6) is 5.75 Å². The zero-order valence-corrected chi connectivity index (χ0v) is 19.4. The highest BCUT2D eigenvalue weighted by molar-refractivity contribution is 7.89. The largest absolute Gasteiger partial charge is 0.495 e. The molecule has 8 heteroatoms. The third-order valence-electron chi connectivity index (χ3n) is 5.44. The number of methoxy groups -OCH3 is 1. The fourth-order valence-corrected chi connectivity index (χ4v) is 5.06. The molecule has 0 bridgehead atoms. The van der Waals surface area contributed by atoms with Gasteiger partial charge < -0.3 is 15.0 Å². The number of hydrogen-bond acceptors (Lipinski definition) is 5. The molecule has 7 nitrogen and oxygen atoms in total. The van der Waals surface area contributed by atoms with Crippen molar-refractivity contribution >= 4 is 27.3 Å². The van der Waals surface area contributed by atoms with E-state index in [2.05, 4.69) is 14.9 Å². The minimum atomic E-state index is -3.79. The Morgan fingerprint density at radius 2 is 1.73 bits per heavy atom. The number of anilines is 2. The quantitative estimate of drug-likeness (QED) is 0.498.